The fourth-order valence-corrected chi connectivity index (χ4v) is 1.66. The van der Waals surface area contributed by atoms with Crippen LogP contribution in [0.2, 0.25) is 0 Å². The number of esters is 2. The van der Waals surface area contributed by atoms with Crippen molar-refractivity contribution in [3.8, 4) is 0 Å². The van der Waals surface area contributed by atoms with Crippen LogP contribution in [-0.4, -0.2) is 51.8 Å². The fraction of sp³-hybridized carbons (Fsp3) is 0.357. The molecule has 3 N–H and O–H groups in total. The number of carbonyl (C=O) groups excluding carboxylic acids is 3. The smallest absolute Gasteiger partial charge is 0.337 e. The van der Waals surface area contributed by atoms with Gasteiger partial charge in [0.25, 0.3) is 0 Å². The number of anilines is 1. The van der Waals surface area contributed by atoms with Crippen molar-refractivity contribution in [2.24, 2.45) is 5.73 Å². The highest BCUT2D eigenvalue weighted by Crippen LogP contribution is 2.17. The summed E-state index contributed by atoms with van der Waals surface area (Å²) in [6.45, 7) is 0.0341. The quantitative estimate of drug-likeness (QED) is 0.724. The lowest BCUT2D eigenvalue weighted by molar-refractivity contribution is -0.118. The molecule has 1 amide bonds. The summed E-state index contributed by atoms with van der Waals surface area (Å²) in [4.78, 5) is 35.1. The van der Waals surface area contributed by atoms with Gasteiger partial charge in [0.2, 0.25) is 5.91 Å². The molecule has 1 atom stereocenters. The van der Waals surface area contributed by atoms with Crippen molar-refractivity contribution in [1.29, 1.82) is 0 Å². The summed E-state index contributed by atoms with van der Waals surface area (Å²) in [5.74, 6) is -1.82. The molecule has 9 heteroatoms. The van der Waals surface area contributed by atoms with Crippen LogP contribution in [0.15, 0.2) is 18.2 Å². The van der Waals surface area contributed by atoms with Gasteiger partial charge in [0, 0.05) is 12.8 Å². The number of carbonyl (C=O) groups is 3. The number of methoxy groups -OCH3 is 3. The minimum absolute atomic E-state index is 0. The van der Waals surface area contributed by atoms with Crippen LogP contribution in [-0.2, 0) is 19.0 Å². The molecule has 0 saturated heterocycles. The van der Waals surface area contributed by atoms with Crippen molar-refractivity contribution in [2.45, 2.75) is 6.04 Å². The van der Waals surface area contributed by atoms with Gasteiger partial charge in [0.15, 0.2) is 0 Å². The van der Waals surface area contributed by atoms with E-state index in [2.05, 4.69) is 14.8 Å². The molecule has 0 aromatic heterocycles. The van der Waals surface area contributed by atoms with Crippen LogP contribution < -0.4 is 11.1 Å². The first-order valence-electron chi connectivity index (χ1n) is 6.30. The van der Waals surface area contributed by atoms with E-state index in [1.807, 2.05) is 0 Å². The highest BCUT2D eigenvalue weighted by atomic mass is 35.5. The SMILES string of the molecule is COCC(N)C(=O)Nc1cc(C(=O)OC)cc(C(=O)OC)c1.Cl. The van der Waals surface area contributed by atoms with Crippen molar-refractivity contribution in [1.82, 2.24) is 0 Å². The third-order valence-corrected chi connectivity index (χ3v) is 2.73. The lowest BCUT2D eigenvalue weighted by Crippen LogP contribution is -2.39. The summed E-state index contributed by atoms with van der Waals surface area (Å²) in [5.41, 5.74) is 6.02. The second kappa shape index (κ2) is 9.78. The molecule has 1 unspecified atom stereocenters. The highest BCUT2D eigenvalue weighted by molar-refractivity contribution is 6.00. The zero-order valence-corrected chi connectivity index (χ0v) is 13.8. The standard InChI is InChI=1S/C14H18N2O6.ClH/c1-20-7-11(15)12(17)16-10-5-8(13(18)21-2)4-9(6-10)14(19)22-3;/h4-6,11H,7,15H2,1-3H3,(H,16,17);1H. The highest BCUT2D eigenvalue weighted by Gasteiger charge is 2.17. The van der Waals surface area contributed by atoms with Crippen molar-refractivity contribution in [3.63, 3.8) is 0 Å². The van der Waals surface area contributed by atoms with Gasteiger partial charge in [-0.3, -0.25) is 4.79 Å². The van der Waals surface area contributed by atoms with Crippen molar-refractivity contribution < 1.29 is 28.6 Å². The number of amides is 1. The topological polar surface area (TPSA) is 117 Å². The fourth-order valence-electron chi connectivity index (χ4n) is 1.66. The molecule has 0 aliphatic heterocycles. The van der Waals surface area contributed by atoms with E-state index in [9.17, 15) is 14.4 Å². The number of hydrogen-bond donors (Lipinski definition) is 2. The molecule has 0 spiro atoms. The lowest BCUT2D eigenvalue weighted by Gasteiger charge is -2.13. The van der Waals surface area contributed by atoms with E-state index in [0.717, 1.165) is 0 Å². The molecule has 0 fully saturated rings. The van der Waals surface area contributed by atoms with Gasteiger partial charge in [0.1, 0.15) is 6.04 Å². The Morgan fingerprint density at radius 1 is 1.04 bits per heavy atom. The van der Waals surface area contributed by atoms with Crippen LogP contribution in [0, 0.1) is 0 Å². The molecule has 1 aromatic rings. The average molecular weight is 347 g/mol. The van der Waals surface area contributed by atoms with Gasteiger partial charge < -0.3 is 25.3 Å². The third kappa shape index (κ3) is 5.85. The number of benzene rings is 1. The third-order valence-electron chi connectivity index (χ3n) is 2.73. The molecule has 23 heavy (non-hydrogen) atoms. The monoisotopic (exact) mass is 346 g/mol. The van der Waals surface area contributed by atoms with Gasteiger partial charge in [-0.2, -0.15) is 0 Å². The van der Waals surface area contributed by atoms with Gasteiger partial charge >= 0.3 is 11.9 Å². The average Bonchev–Trinajstić information content (AvgIpc) is 2.52. The minimum atomic E-state index is -0.881. The molecule has 0 aliphatic rings. The van der Waals surface area contributed by atoms with Crippen LogP contribution in [0.25, 0.3) is 0 Å². The Morgan fingerprint density at radius 3 is 1.91 bits per heavy atom. The molecular weight excluding hydrogens is 328 g/mol. The second-order valence-electron chi connectivity index (χ2n) is 4.33. The molecule has 0 saturated carbocycles. The Morgan fingerprint density at radius 2 is 1.52 bits per heavy atom. The van der Waals surface area contributed by atoms with Crippen LogP contribution >= 0.6 is 12.4 Å². The molecule has 1 rings (SSSR count). The van der Waals surface area contributed by atoms with Gasteiger partial charge in [0.05, 0.1) is 32.0 Å². The van der Waals surface area contributed by atoms with E-state index in [0.29, 0.717) is 0 Å². The summed E-state index contributed by atoms with van der Waals surface area (Å²) in [7, 11) is 3.83. The molecule has 1 aromatic carbocycles. The van der Waals surface area contributed by atoms with Gasteiger partial charge in [-0.05, 0) is 18.2 Å². The summed E-state index contributed by atoms with van der Waals surface area (Å²) < 4.78 is 14.0. The van der Waals surface area contributed by atoms with Crippen molar-refractivity contribution in [2.75, 3.05) is 33.3 Å². The summed E-state index contributed by atoms with van der Waals surface area (Å²) >= 11 is 0. The van der Waals surface area contributed by atoms with Gasteiger partial charge in [-0.1, -0.05) is 0 Å². The normalized spacial score (nSPS) is 11.0. The first-order valence-corrected chi connectivity index (χ1v) is 6.30. The predicted molar refractivity (Wildman–Crippen MR) is 84.9 cm³/mol. The molecule has 0 heterocycles. The van der Waals surface area contributed by atoms with Crippen LogP contribution in [0.4, 0.5) is 5.69 Å². The molecule has 128 valence electrons. The molecular formula is C14H19ClN2O6. The summed E-state index contributed by atoms with van der Waals surface area (Å²) in [6.07, 6.45) is 0. The Kier molecular flexibility index (Phi) is 8.86. The Hall–Kier alpha value is -2.16. The molecule has 0 radical (unpaired) electrons. The number of hydrogen-bond acceptors (Lipinski definition) is 7. The van der Waals surface area contributed by atoms with E-state index in [-0.39, 0.29) is 35.8 Å². The zero-order chi connectivity index (χ0) is 16.7. The maximum Gasteiger partial charge on any atom is 0.337 e. The maximum absolute atomic E-state index is 11.9. The van der Waals surface area contributed by atoms with Crippen LogP contribution in [0.1, 0.15) is 20.7 Å². The Labute approximate surface area is 139 Å². The predicted octanol–water partition coefficient (Wildman–Crippen LogP) is 0.594. The van der Waals surface area contributed by atoms with E-state index >= 15 is 0 Å². The first kappa shape index (κ1) is 20.8. The number of nitrogens with one attached hydrogen (secondary N) is 1. The number of halogens is 1. The second-order valence-corrected chi connectivity index (χ2v) is 4.33. The van der Waals surface area contributed by atoms with E-state index < -0.39 is 23.9 Å². The summed E-state index contributed by atoms with van der Waals surface area (Å²) in [5, 5.41) is 2.51. The van der Waals surface area contributed by atoms with Crippen LogP contribution in [0.3, 0.4) is 0 Å². The number of rotatable bonds is 6. The van der Waals surface area contributed by atoms with Gasteiger partial charge in [-0.25, -0.2) is 9.59 Å². The van der Waals surface area contributed by atoms with Crippen LogP contribution in [0.5, 0.6) is 0 Å². The van der Waals surface area contributed by atoms with Crippen molar-refractivity contribution >= 4 is 35.9 Å². The largest absolute Gasteiger partial charge is 0.465 e. The molecule has 8 nitrogen and oxygen atoms in total. The maximum atomic E-state index is 11.9. The van der Waals surface area contributed by atoms with Crippen molar-refractivity contribution in [3.05, 3.63) is 29.3 Å². The Bertz CT molecular complexity index is 544. The number of nitrogens with two attached hydrogens (primary N) is 1. The Balaban J connectivity index is 0.00000484. The minimum Gasteiger partial charge on any atom is -0.465 e. The first-order chi connectivity index (χ1) is 10.4. The number of ether oxygens (including phenoxy) is 3. The molecule has 0 aliphatic carbocycles. The molecule has 0 bridgehead atoms. The lowest BCUT2D eigenvalue weighted by atomic mass is 10.1. The zero-order valence-electron chi connectivity index (χ0n) is 13.0. The van der Waals surface area contributed by atoms with E-state index in [4.69, 9.17) is 10.5 Å². The van der Waals surface area contributed by atoms with Gasteiger partial charge in [-0.15, -0.1) is 12.4 Å². The van der Waals surface area contributed by atoms with E-state index in [1.54, 1.807) is 0 Å². The summed E-state index contributed by atoms with van der Waals surface area (Å²) in [6, 6.07) is 3.17. The van der Waals surface area contributed by atoms with E-state index in [1.165, 1.54) is 39.5 Å².